The Morgan fingerprint density at radius 3 is 2.94 bits per heavy atom. The Morgan fingerprint density at radius 1 is 1.56 bits per heavy atom. The molecule has 2 N–H and O–H groups in total. The number of hydrogen-bond donors (Lipinski definition) is 2. The van der Waals surface area contributed by atoms with Gasteiger partial charge >= 0.3 is 0 Å². The van der Waals surface area contributed by atoms with Crippen molar-refractivity contribution in [3.8, 4) is 0 Å². The van der Waals surface area contributed by atoms with Crippen LogP contribution in [0.1, 0.15) is 5.56 Å². The van der Waals surface area contributed by atoms with Gasteiger partial charge in [-0.15, -0.1) is 6.58 Å². The van der Waals surface area contributed by atoms with Crippen LogP contribution in [0.25, 0.3) is 0 Å². The van der Waals surface area contributed by atoms with Crippen LogP contribution in [0.15, 0.2) is 35.3 Å². The minimum atomic E-state index is -0.0487. The zero-order valence-corrected chi connectivity index (χ0v) is 10.8. The SMILES string of the molecule is C=CCNC(=O)CNc1ccc(C)cc1Br. The third-order valence-electron chi connectivity index (χ3n) is 2.01. The molecule has 0 spiro atoms. The van der Waals surface area contributed by atoms with Crippen LogP contribution < -0.4 is 10.6 Å². The van der Waals surface area contributed by atoms with Crippen molar-refractivity contribution >= 4 is 27.5 Å². The first-order valence-corrected chi connectivity index (χ1v) is 5.80. The summed E-state index contributed by atoms with van der Waals surface area (Å²) in [7, 11) is 0. The lowest BCUT2D eigenvalue weighted by molar-refractivity contribution is -0.119. The number of halogens is 1. The molecule has 1 amide bonds. The summed E-state index contributed by atoms with van der Waals surface area (Å²) >= 11 is 3.44. The van der Waals surface area contributed by atoms with Crippen LogP contribution in [0.4, 0.5) is 5.69 Å². The fraction of sp³-hybridized carbons (Fsp3) is 0.250. The fourth-order valence-corrected chi connectivity index (χ4v) is 1.82. The average Bonchev–Trinajstić information content (AvgIpc) is 2.25. The molecule has 1 aromatic rings. The van der Waals surface area contributed by atoms with Crippen molar-refractivity contribution in [1.29, 1.82) is 0 Å². The lowest BCUT2D eigenvalue weighted by Gasteiger charge is -2.08. The van der Waals surface area contributed by atoms with Gasteiger partial charge in [-0.1, -0.05) is 12.1 Å². The minimum Gasteiger partial charge on any atom is -0.375 e. The standard InChI is InChI=1S/C12H15BrN2O/c1-3-6-14-12(16)8-15-11-5-4-9(2)7-10(11)13/h3-5,7,15H,1,6,8H2,2H3,(H,14,16). The van der Waals surface area contributed by atoms with Crippen molar-refractivity contribution in [3.63, 3.8) is 0 Å². The normalized spacial score (nSPS) is 9.62. The van der Waals surface area contributed by atoms with Gasteiger partial charge in [-0.05, 0) is 40.5 Å². The molecule has 86 valence electrons. The summed E-state index contributed by atoms with van der Waals surface area (Å²) in [6.07, 6.45) is 1.65. The van der Waals surface area contributed by atoms with Gasteiger partial charge in [0.05, 0.1) is 6.54 Å². The van der Waals surface area contributed by atoms with E-state index in [0.717, 1.165) is 10.2 Å². The number of carbonyl (C=O) groups excluding carboxylic acids is 1. The maximum Gasteiger partial charge on any atom is 0.239 e. The topological polar surface area (TPSA) is 41.1 Å². The molecular weight excluding hydrogens is 268 g/mol. The van der Waals surface area contributed by atoms with Crippen molar-refractivity contribution < 1.29 is 4.79 Å². The van der Waals surface area contributed by atoms with Crippen LogP contribution >= 0.6 is 15.9 Å². The van der Waals surface area contributed by atoms with Crippen molar-refractivity contribution in [2.45, 2.75) is 6.92 Å². The maximum atomic E-state index is 11.3. The number of rotatable bonds is 5. The molecule has 0 saturated heterocycles. The highest BCUT2D eigenvalue weighted by Crippen LogP contribution is 2.22. The molecule has 0 radical (unpaired) electrons. The summed E-state index contributed by atoms with van der Waals surface area (Å²) in [5.74, 6) is -0.0487. The van der Waals surface area contributed by atoms with E-state index < -0.39 is 0 Å². The van der Waals surface area contributed by atoms with Gasteiger partial charge in [-0.3, -0.25) is 4.79 Å². The Morgan fingerprint density at radius 2 is 2.31 bits per heavy atom. The summed E-state index contributed by atoms with van der Waals surface area (Å²) in [6.45, 7) is 6.31. The van der Waals surface area contributed by atoms with Crippen LogP contribution in [-0.2, 0) is 4.79 Å². The third-order valence-corrected chi connectivity index (χ3v) is 2.66. The third kappa shape index (κ3) is 4.06. The van der Waals surface area contributed by atoms with Crippen LogP contribution in [-0.4, -0.2) is 19.0 Å². The van der Waals surface area contributed by atoms with E-state index in [1.807, 2.05) is 25.1 Å². The fourth-order valence-electron chi connectivity index (χ4n) is 1.19. The predicted molar refractivity (Wildman–Crippen MR) is 70.6 cm³/mol. The highest BCUT2D eigenvalue weighted by Gasteiger charge is 2.02. The van der Waals surface area contributed by atoms with Gasteiger partial charge in [0.2, 0.25) is 5.91 Å². The van der Waals surface area contributed by atoms with E-state index >= 15 is 0 Å². The van der Waals surface area contributed by atoms with Crippen LogP contribution in [0, 0.1) is 6.92 Å². The molecule has 0 aliphatic heterocycles. The number of amides is 1. The lowest BCUT2D eigenvalue weighted by atomic mass is 10.2. The molecule has 0 fully saturated rings. The summed E-state index contributed by atoms with van der Waals surface area (Å²) in [5, 5.41) is 5.75. The summed E-state index contributed by atoms with van der Waals surface area (Å²) in [5.41, 5.74) is 2.09. The van der Waals surface area contributed by atoms with E-state index in [4.69, 9.17) is 0 Å². The predicted octanol–water partition coefficient (Wildman–Crippen LogP) is 2.47. The molecule has 0 saturated carbocycles. The Labute approximate surface area is 104 Å². The Kier molecular flexibility index (Phi) is 5.05. The number of hydrogen-bond acceptors (Lipinski definition) is 2. The second-order valence-corrected chi connectivity index (χ2v) is 4.28. The van der Waals surface area contributed by atoms with Gasteiger partial charge in [-0.2, -0.15) is 0 Å². The van der Waals surface area contributed by atoms with E-state index in [1.54, 1.807) is 6.08 Å². The highest BCUT2D eigenvalue weighted by atomic mass is 79.9. The maximum absolute atomic E-state index is 11.3. The van der Waals surface area contributed by atoms with E-state index in [2.05, 4.69) is 33.1 Å². The Hall–Kier alpha value is -1.29. The largest absolute Gasteiger partial charge is 0.375 e. The van der Waals surface area contributed by atoms with Crippen LogP contribution in [0.2, 0.25) is 0 Å². The van der Waals surface area contributed by atoms with Crippen LogP contribution in [0.5, 0.6) is 0 Å². The van der Waals surface area contributed by atoms with Gasteiger partial charge in [-0.25, -0.2) is 0 Å². The molecule has 0 aliphatic rings. The molecule has 16 heavy (non-hydrogen) atoms. The molecule has 0 unspecified atom stereocenters. The molecule has 0 bridgehead atoms. The van der Waals surface area contributed by atoms with Crippen molar-refractivity contribution in [2.75, 3.05) is 18.4 Å². The molecule has 0 aromatic heterocycles. The zero-order chi connectivity index (χ0) is 12.0. The van der Waals surface area contributed by atoms with E-state index in [9.17, 15) is 4.79 Å². The van der Waals surface area contributed by atoms with Gasteiger partial charge in [0.1, 0.15) is 0 Å². The summed E-state index contributed by atoms with van der Waals surface area (Å²) < 4.78 is 0.962. The number of anilines is 1. The number of benzene rings is 1. The van der Waals surface area contributed by atoms with Gasteiger partial charge in [0.25, 0.3) is 0 Å². The number of aryl methyl sites for hydroxylation is 1. The first-order chi connectivity index (χ1) is 7.63. The first-order valence-electron chi connectivity index (χ1n) is 5.01. The van der Waals surface area contributed by atoms with Gasteiger partial charge in [0, 0.05) is 16.7 Å². The molecule has 4 heteroatoms. The smallest absolute Gasteiger partial charge is 0.239 e. The number of carbonyl (C=O) groups is 1. The quantitative estimate of drug-likeness (QED) is 0.815. The Balaban J connectivity index is 2.48. The second-order valence-electron chi connectivity index (χ2n) is 3.43. The van der Waals surface area contributed by atoms with Gasteiger partial charge in [0.15, 0.2) is 0 Å². The number of nitrogens with one attached hydrogen (secondary N) is 2. The zero-order valence-electron chi connectivity index (χ0n) is 9.22. The molecule has 0 heterocycles. The van der Waals surface area contributed by atoms with Crippen molar-refractivity contribution in [3.05, 3.63) is 40.9 Å². The van der Waals surface area contributed by atoms with Crippen molar-refractivity contribution in [2.24, 2.45) is 0 Å². The minimum absolute atomic E-state index is 0.0487. The molecule has 3 nitrogen and oxygen atoms in total. The Bertz CT molecular complexity index is 391. The molecule has 0 aliphatic carbocycles. The monoisotopic (exact) mass is 282 g/mol. The molecular formula is C12H15BrN2O. The van der Waals surface area contributed by atoms with Crippen LogP contribution in [0.3, 0.4) is 0 Å². The van der Waals surface area contributed by atoms with E-state index in [-0.39, 0.29) is 12.5 Å². The first kappa shape index (κ1) is 12.8. The lowest BCUT2D eigenvalue weighted by Crippen LogP contribution is -2.29. The summed E-state index contributed by atoms with van der Waals surface area (Å²) in [4.78, 5) is 11.3. The van der Waals surface area contributed by atoms with E-state index in [0.29, 0.717) is 6.54 Å². The molecule has 1 rings (SSSR count). The average molecular weight is 283 g/mol. The molecule has 1 aromatic carbocycles. The second kappa shape index (κ2) is 6.33. The molecule has 0 atom stereocenters. The van der Waals surface area contributed by atoms with Gasteiger partial charge < -0.3 is 10.6 Å². The van der Waals surface area contributed by atoms with Crippen molar-refractivity contribution in [1.82, 2.24) is 5.32 Å². The highest BCUT2D eigenvalue weighted by molar-refractivity contribution is 9.10. The van der Waals surface area contributed by atoms with E-state index in [1.165, 1.54) is 5.56 Å². The summed E-state index contributed by atoms with van der Waals surface area (Å²) in [6, 6.07) is 5.94.